The zero-order valence-electron chi connectivity index (χ0n) is 10.6. The molecule has 0 radical (unpaired) electrons. The average molecular weight is 315 g/mol. The van der Waals surface area contributed by atoms with Crippen LogP contribution < -0.4 is 4.72 Å². The summed E-state index contributed by atoms with van der Waals surface area (Å²) in [5.41, 5.74) is 0.132. The summed E-state index contributed by atoms with van der Waals surface area (Å²) < 4.78 is 74.8. The fraction of sp³-hybridized carbons (Fsp3) is 0.455. The fourth-order valence-electron chi connectivity index (χ4n) is 1.70. The lowest BCUT2D eigenvalue weighted by Gasteiger charge is -2.16. The summed E-state index contributed by atoms with van der Waals surface area (Å²) in [7, 11) is -4.27. The monoisotopic (exact) mass is 315 g/mol. The molecule has 1 rings (SSSR count). The number of hydrogen-bond acceptors (Lipinski definition) is 3. The van der Waals surface area contributed by atoms with E-state index in [4.69, 9.17) is 5.11 Å². The van der Waals surface area contributed by atoms with Gasteiger partial charge in [0.2, 0.25) is 10.0 Å². The molecule has 4 nitrogen and oxygen atoms in total. The van der Waals surface area contributed by atoms with Crippen molar-refractivity contribution in [2.75, 3.05) is 6.54 Å². The molecule has 1 aromatic carbocycles. The molecular weight excluding hydrogens is 302 g/mol. The molecule has 0 aliphatic rings. The van der Waals surface area contributed by atoms with Crippen molar-refractivity contribution in [1.82, 2.24) is 4.72 Å². The summed E-state index contributed by atoms with van der Waals surface area (Å²) in [5, 5.41) is 8.77. The van der Waals surface area contributed by atoms with Gasteiger partial charge < -0.3 is 5.11 Å². The summed E-state index contributed by atoms with van der Waals surface area (Å²) in [6, 6.07) is 1.92. The third-order valence-corrected chi connectivity index (χ3v) is 4.27. The van der Waals surface area contributed by atoms with E-state index in [9.17, 15) is 26.0 Å². The minimum absolute atomic E-state index is 0.0662. The van der Waals surface area contributed by atoms with Crippen molar-refractivity contribution >= 4 is 10.0 Å². The zero-order chi connectivity index (χ0) is 15.7. The molecule has 0 bridgehead atoms. The van der Waals surface area contributed by atoms with Crippen LogP contribution in [-0.4, -0.2) is 32.3 Å². The Morgan fingerprint density at radius 2 is 1.70 bits per heavy atom. The largest absolute Gasteiger partial charge is 0.415 e. The quantitative estimate of drug-likeness (QED) is 0.830. The van der Waals surface area contributed by atoms with Crippen LogP contribution in [0.3, 0.4) is 0 Å². The SMILES string of the molecule is Cc1cc(F)cc(C)c1S(=O)(=O)NCC(O)C(F)(F)F. The molecule has 9 heteroatoms. The van der Waals surface area contributed by atoms with Gasteiger partial charge in [0, 0.05) is 6.54 Å². The van der Waals surface area contributed by atoms with Crippen molar-refractivity contribution in [3.63, 3.8) is 0 Å². The summed E-state index contributed by atoms with van der Waals surface area (Å²) >= 11 is 0. The summed E-state index contributed by atoms with van der Waals surface area (Å²) in [6.07, 6.45) is -7.73. The minimum atomic E-state index is -4.92. The lowest BCUT2D eigenvalue weighted by Crippen LogP contribution is -2.40. The van der Waals surface area contributed by atoms with Gasteiger partial charge in [0.05, 0.1) is 4.90 Å². The van der Waals surface area contributed by atoms with Crippen LogP contribution in [0.25, 0.3) is 0 Å². The van der Waals surface area contributed by atoms with Crippen LogP contribution in [-0.2, 0) is 10.0 Å². The Labute approximate surface area is 113 Å². The Hall–Kier alpha value is -1.19. The van der Waals surface area contributed by atoms with Crippen LogP contribution in [0.2, 0.25) is 0 Å². The third kappa shape index (κ3) is 3.90. The summed E-state index contributed by atoms with van der Waals surface area (Å²) in [5.74, 6) is -0.644. The van der Waals surface area contributed by atoms with E-state index in [1.54, 1.807) is 4.72 Å². The first-order chi connectivity index (χ1) is 8.95. The lowest BCUT2D eigenvalue weighted by atomic mass is 10.1. The van der Waals surface area contributed by atoms with Crippen LogP contribution in [0, 0.1) is 19.7 Å². The van der Waals surface area contributed by atoms with E-state index < -0.39 is 34.7 Å². The molecule has 0 fully saturated rings. The van der Waals surface area contributed by atoms with Crippen LogP contribution >= 0.6 is 0 Å². The Bertz CT molecular complexity index is 575. The number of hydrogen-bond donors (Lipinski definition) is 2. The first kappa shape index (κ1) is 16.9. The molecule has 0 spiro atoms. The highest BCUT2D eigenvalue weighted by molar-refractivity contribution is 7.89. The maximum atomic E-state index is 13.1. The molecule has 0 saturated heterocycles. The maximum Gasteiger partial charge on any atom is 0.415 e. The molecule has 2 N–H and O–H groups in total. The molecule has 1 aromatic rings. The van der Waals surface area contributed by atoms with Crippen molar-refractivity contribution in [2.24, 2.45) is 0 Å². The Kier molecular flexibility index (Phi) is 4.78. The first-order valence-corrected chi connectivity index (χ1v) is 6.94. The molecule has 0 amide bonds. The molecule has 20 heavy (non-hydrogen) atoms. The molecule has 1 unspecified atom stereocenters. The van der Waals surface area contributed by atoms with Crippen LogP contribution in [0.15, 0.2) is 17.0 Å². The lowest BCUT2D eigenvalue weighted by molar-refractivity contribution is -0.200. The highest BCUT2D eigenvalue weighted by atomic mass is 32.2. The van der Waals surface area contributed by atoms with Gasteiger partial charge >= 0.3 is 6.18 Å². The van der Waals surface area contributed by atoms with Gasteiger partial charge in [0.25, 0.3) is 0 Å². The first-order valence-electron chi connectivity index (χ1n) is 5.46. The van der Waals surface area contributed by atoms with E-state index >= 15 is 0 Å². The van der Waals surface area contributed by atoms with Crippen LogP contribution in [0.1, 0.15) is 11.1 Å². The molecule has 0 aliphatic carbocycles. The highest BCUT2D eigenvalue weighted by Crippen LogP contribution is 2.23. The van der Waals surface area contributed by atoms with Gasteiger partial charge in [-0.15, -0.1) is 0 Å². The molecule has 0 heterocycles. The molecule has 0 saturated carbocycles. The second-order valence-electron chi connectivity index (χ2n) is 4.28. The number of sulfonamides is 1. The number of nitrogens with one attached hydrogen (secondary N) is 1. The zero-order valence-corrected chi connectivity index (χ0v) is 11.4. The van der Waals surface area contributed by atoms with Crippen molar-refractivity contribution in [3.05, 3.63) is 29.1 Å². The second kappa shape index (κ2) is 5.66. The minimum Gasteiger partial charge on any atom is -0.382 e. The number of alkyl halides is 3. The van der Waals surface area contributed by atoms with Crippen molar-refractivity contribution in [1.29, 1.82) is 0 Å². The number of halogens is 4. The highest BCUT2D eigenvalue weighted by Gasteiger charge is 2.38. The molecule has 1 atom stereocenters. The third-order valence-electron chi connectivity index (χ3n) is 2.54. The number of aliphatic hydroxyl groups is 1. The predicted molar refractivity (Wildman–Crippen MR) is 63.1 cm³/mol. The van der Waals surface area contributed by atoms with Crippen LogP contribution in [0.5, 0.6) is 0 Å². The molecule has 114 valence electrons. The van der Waals surface area contributed by atoms with Gasteiger partial charge in [-0.1, -0.05) is 0 Å². The smallest absolute Gasteiger partial charge is 0.382 e. The van der Waals surface area contributed by atoms with E-state index in [1.165, 1.54) is 13.8 Å². The van der Waals surface area contributed by atoms with E-state index in [0.29, 0.717) is 0 Å². The Morgan fingerprint density at radius 3 is 2.10 bits per heavy atom. The van der Waals surface area contributed by atoms with Crippen molar-refractivity contribution < 1.29 is 31.1 Å². The normalized spacial score (nSPS) is 14.3. The van der Waals surface area contributed by atoms with Gasteiger partial charge in [-0.2, -0.15) is 13.2 Å². The van der Waals surface area contributed by atoms with Crippen molar-refractivity contribution in [2.45, 2.75) is 31.0 Å². The van der Waals surface area contributed by atoms with Crippen molar-refractivity contribution in [3.8, 4) is 0 Å². The topological polar surface area (TPSA) is 66.4 Å². The van der Waals surface area contributed by atoms with E-state index in [1.807, 2.05) is 0 Å². The number of aliphatic hydroxyl groups excluding tert-OH is 1. The van der Waals surface area contributed by atoms with Gasteiger partial charge in [-0.3, -0.25) is 0 Å². The summed E-state index contributed by atoms with van der Waals surface area (Å²) in [4.78, 5) is -0.298. The van der Waals surface area contributed by atoms with Crippen LogP contribution in [0.4, 0.5) is 17.6 Å². The number of benzene rings is 1. The Balaban J connectivity index is 3.02. The maximum absolute atomic E-state index is 13.1. The van der Waals surface area contributed by atoms with E-state index in [0.717, 1.165) is 12.1 Å². The molecule has 0 aromatic heterocycles. The standard InChI is InChI=1S/C11H13F4NO3S/c1-6-3-8(12)4-7(2)10(6)20(18,19)16-5-9(17)11(13,14)15/h3-4,9,16-17H,5H2,1-2H3. The predicted octanol–water partition coefficient (Wildman–Crippen LogP) is 1.64. The second-order valence-corrected chi connectivity index (χ2v) is 5.98. The molecular formula is C11H13F4NO3S. The van der Waals surface area contributed by atoms with Gasteiger partial charge in [0.15, 0.2) is 6.10 Å². The number of rotatable bonds is 4. The van der Waals surface area contributed by atoms with Gasteiger partial charge in [-0.05, 0) is 37.1 Å². The number of aryl methyl sites for hydroxylation is 2. The van der Waals surface area contributed by atoms with E-state index in [2.05, 4.69) is 0 Å². The molecule has 0 aliphatic heterocycles. The fourth-order valence-corrected chi connectivity index (χ4v) is 3.19. The van der Waals surface area contributed by atoms with Gasteiger partial charge in [0.1, 0.15) is 5.82 Å². The summed E-state index contributed by atoms with van der Waals surface area (Å²) in [6.45, 7) is 1.44. The Morgan fingerprint density at radius 1 is 1.25 bits per heavy atom. The van der Waals surface area contributed by atoms with E-state index in [-0.39, 0.29) is 16.0 Å². The van der Waals surface area contributed by atoms with Gasteiger partial charge in [-0.25, -0.2) is 17.5 Å². The average Bonchev–Trinajstić information content (AvgIpc) is 2.22.